The van der Waals surface area contributed by atoms with Gasteiger partial charge in [0.25, 0.3) is 5.69 Å². The third kappa shape index (κ3) is 14.6. The van der Waals surface area contributed by atoms with Crippen LogP contribution in [0.3, 0.4) is 0 Å². The molecule has 0 aliphatic heterocycles. The SMILES string of the molecule is CC(=O)CSC(c1ccccc1)(c1ccccc1)c1ccccc1.O=C(CSC(c1ccccc1)(c1ccccc1)c1ccccc1)Oc1ccc([N+](=O)[O-])cc1.O=C(O)CSC(c1ccccc1)(c1ccccc1)c1ccccc1. The van der Waals surface area contributed by atoms with Crippen molar-refractivity contribution in [2.45, 2.75) is 21.2 Å². The Balaban J connectivity index is 0.000000163. The van der Waals surface area contributed by atoms with Crippen LogP contribution in [0.4, 0.5) is 5.69 Å². The minimum Gasteiger partial charge on any atom is -0.481 e. The molecule has 0 bridgehead atoms. The van der Waals surface area contributed by atoms with Crippen molar-refractivity contribution in [1.82, 2.24) is 0 Å². The van der Waals surface area contributed by atoms with E-state index in [0.717, 1.165) is 33.4 Å². The van der Waals surface area contributed by atoms with Crippen molar-refractivity contribution in [3.05, 3.63) is 357 Å². The second-order valence-electron chi connectivity index (χ2n) is 18.5. The maximum absolute atomic E-state index is 12.8. The van der Waals surface area contributed by atoms with Crippen molar-refractivity contribution in [2.75, 3.05) is 17.3 Å². The third-order valence-corrected chi connectivity index (χ3v) is 18.0. The Bertz CT molecular complexity index is 3100. The number of hydrogen-bond donors (Lipinski definition) is 1. The molecule has 10 rings (SSSR count). The van der Waals surface area contributed by atoms with Crippen LogP contribution in [0.25, 0.3) is 0 Å². The standard InChI is InChI=1S/C27H21NO4S.C22H20OS.C21H18O2S/c29-26(32-25-18-16-24(17-19-25)28(30)31)20-33-27(21-10-4-1-5-11-21,22-12-6-2-7-13-22)23-14-8-3-9-15-23;1-18(23)17-24-22(19-11-5-2-6-12-19,20-13-7-3-8-14-20)21-15-9-4-10-16-21;22-20(23)16-24-21(17-10-4-1-5-11-17,18-12-6-2-7-13-18)19-14-8-3-9-15-19/h1-19H,20H2;2-16H,17H2,1H3;1-15H,16H2,(H,22,23). The van der Waals surface area contributed by atoms with Crippen LogP contribution in [0.5, 0.6) is 5.75 Å². The number of carbonyl (C=O) groups excluding carboxylic acids is 2. The summed E-state index contributed by atoms with van der Waals surface area (Å²) in [7, 11) is 0. The number of ether oxygens (including phenoxy) is 1. The summed E-state index contributed by atoms with van der Waals surface area (Å²) in [4.78, 5) is 46.2. The van der Waals surface area contributed by atoms with Crippen LogP contribution >= 0.6 is 35.3 Å². The fourth-order valence-corrected chi connectivity index (χ4v) is 13.5. The fraction of sp³-hybridized carbons (Fsp3) is 0.100. The van der Waals surface area contributed by atoms with Gasteiger partial charge in [-0.1, -0.05) is 273 Å². The number of carboxylic acid groups (broad SMARTS) is 1. The molecule has 0 amide bonds. The van der Waals surface area contributed by atoms with E-state index in [1.165, 1.54) is 64.5 Å². The molecule has 0 aliphatic rings. The van der Waals surface area contributed by atoms with Gasteiger partial charge >= 0.3 is 11.9 Å². The summed E-state index contributed by atoms with van der Waals surface area (Å²) in [5.41, 5.74) is 9.90. The largest absolute Gasteiger partial charge is 0.481 e. The van der Waals surface area contributed by atoms with E-state index in [1.807, 2.05) is 127 Å². The second-order valence-corrected chi connectivity index (χ2v) is 22.1. The minimum absolute atomic E-state index is 0.0265. The van der Waals surface area contributed by atoms with Crippen LogP contribution in [-0.4, -0.2) is 45.0 Å². The highest BCUT2D eigenvalue weighted by molar-refractivity contribution is 8.01. The number of thioether (sulfide) groups is 3. The van der Waals surface area contributed by atoms with Gasteiger partial charge in [0.05, 0.1) is 36.4 Å². The predicted octanol–water partition coefficient (Wildman–Crippen LogP) is 16.3. The van der Waals surface area contributed by atoms with Crippen LogP contribution in [0, 0.1) is 10.1 Å². The van der Waals surface area contributed by atoms with Crippen molar-refractivity contribution in [3.63, 3.8) is 0 Å². The lowest BCUT2D eigenvalue weighted by atomic mass is 9.84. The molecule has 404 valence electrons. The quantitative estimate of drug-likeness (QED) is 0.0259. The lowest BCUT2D eigenvalue weighted by molar-refractivity contribution is -0.384. The molecule has 81 heavy (non-hydrogen) atoms. The molecule has 8 nitrogen and oxygen atoms in total. The summed E-state index contributed by atoms with van der Waals surface area (Å²) >= 11 is 4.60. The molecule has 0 saturated carbocycles. The number of hydrogen-bond acceptors (Lipinski definition) is 9. The Kier molecular flexibility index (Phi) is 20.9. The molecule has 0 heterocycles. The molecule has 0 unspecified atom stereocenters. The van der Waals surface area contributed by atoms with Crippen molar-refractivity contribution in [3.8, 4) is 5.75 Å². The van der Waals surface area contributed by atoms with Crippen molar-refractivity contribution < 1.29 is 29.2 Å². The van der Waals surface area contributed by atoms with E-state index < -0.39 is 31.1 Å². The van der Waals surface area contributed by atoms with E-state index in [9.17, 15) is 29.6 Å². The number of Topliss-reactive ketones (excluding diaryl/α,β-unsaturated/α-hetero) is 1. The molecule has 0 aliphatic carbocycles. The summed E-state index contributed by atoms with van der Waals surface area (Å²) in [6, 6.07) is 97.4. The van der Waals surface area contributed by atoms with E-state index >= 15 is 0 Å². The first-order valence-corrected chi connectivity index (χ1v) is 29.1. The lowest BCUT2D eigenvalue weighted by Gasteiger charge is -2.35. The Morgan fingerprint density at radius 3 is 0.802 bits per heavy atom. The van der Waals surface area contributed by atoms with E-state index in [2.05, 4.69) is 146 Å². The van der Waals surface area contributed by atoms with Gasteiger partial charge in [0, 0.05) is 12.1 Å². The summed E-state index contributed by atoms with van der Waals surface area (Å²) in [6.07, 6.45) is 0. The average Bonchev–Trinajstić information content (AvgIpc) is 3.63. The van der Waals surface area contributed by atoms with Crippen LogP contribution in [0.2, 0.25) is 0 Å². The highest BCUT2D eigenvalue weighted by Gasteiger charge is 2.40. The number of benzene rings is 10. The summed E-state index contributed by atoms with van der Waals surface area (Å²) in [5, 5.41) is 20.1. The van der Waals surface area contributed by atoms with Crippen molar-refractivity contribution in [2.24, 2.45) is 0 Å². The van der Waals surface area contributed by atoms with Gasteiger partial charge in [-0.2, -0.15) is 0 Å². The zero-order chi connectivity index (χ0) is 56.8. The van der Waals surface area contributed by atoms with Gasteiger partial charge in [-0.05, 0) is 69.1 Å². The van der Waals surface area contributed by atoms with E-state index in [1.54, 1.807) is 18.7 Å². The number of carboxylic acids is 1. The molecule has 0 atom stereocenters. The number of ketones is 1. The first-order chi connectivity index (χ1) is 39.6. The van der Waals surface area contributed by atoms with Crippen LogP contribution < -0.4 is 4.74 Å². The van der Waals surface area contributed by atoms with Gasteiger partial charge in [0.2, 0.25) is 0 Å². The van der Waals surface area contributed by atoms with Crippen LogP contribution in [0.15, 0.2) is 297 Å². The Labute approximate surface area is 486 Å². The molecular weight excluding hydrogens is 1060 g/mol. The zero-order valence-electron chi connectivity index (χ0n) is 44.5. The van der Waals surface area contributed by atoms with Gasteiger partial charge in [0.1, 0.15) is 11.5 Å². The summed E-state index contributed by atoms with van der Waals surface area (Å²) in [6.45, 7) is 1.65. The number of nitro benzene ring substituents is 1. The smallest absolute Gasteiger partial charge is 0.321 e. The molecule has 11 heteroatoms. The molecule has 10 aromatic carbocycles. The number of nitro groups is 1. The van der Waals surface area contributed by atoms with Crippen molar-refractivity contribution >= 4 is 58.7 Å². The minimum atomic E-state index is -0.813. The number of nitrogens with zero attached hydrogens (tertiary/aromatic N) is 1. The number of rotatable bonds is 20. The van der Waals surface area contributed by atoms with E-state index in [4.69, 9.17) is 4.74 Å². The van der Waals surface area contributed by atoms with Gasteiger partial charge in [0.15, 0.2) is 0 Å². The van der Waals surface area contributed by atoms with Gasteiger partial charge in [-0.25, -0.2) is 0 Å². The Morgan fingerprint density at radius 1 is 0.370 bits per heavy atom. The molecule has 0 spiro atoms. The normalized spacial score (nSPS) is 11.1. The Hall–Kier alpha value is -8.74. The third-order valence-electron chi connectivity index (χ3n) is 13.2. The molecule has 0 fully saturated rings. The molecule has 0 radical (unpaired) electrons. The Morgan fingerprint density at radius 2 is 0.593 bits per heavy atom. The monoisotopic (exact) mass is 1120 g/mol. The molecule has 0 aromatic heterocycles. The number of esters is 1. The topological polar surface area (TPSA) is 124 Å². The number of non-ortho nitro benzene ring substituents is 1. The van der Waals surface area contributed by atoms with E-state index in [-0.39, 0.29) is 28.7 Å². The summed E-state index contributed by atoms with van der Waals surface area (Å²) in [5.74, 6) is -0.205. The van der Waals surface area contributed by atoms with Crippen LogP contribution in [0.1, 0.15) is 57.0 Å². The van der Waals surface area contributed by atoms with Crippen molar-refractivity contribution in [1.29, 1.82) is 0 Å². The first kappa shape index (κ1) is 58.4. The first-order valence-electron chi connectivity index (χ1n) is 26.1. The maximum Gasteiger partial charge on any atom is 0.321 e. The fourth-order valence-electron chi connectivity index (χ4n) is 9.65. The lowest BCUT2D eigenvalue weighted by Crippen LogP contribution is -2.28. The average molecular weight is 1120 g/mol. The molecule has 10 aromatic rings. The van der Waals surface area contributed by atoms with Crippen LogP contribution in [-0.2, 0) is 28.6 Å². The van der Waals surface area contributed by atoms with E-state index in [0.29, 0.717) is 5.75 Å². The second kappa shape index (κ2) is 28.9. The highest BCUT2D eigenvalue weighted by Crippen LogP contribution is 2.51. The molecule has 1 N–H and O–H groups in total. The summed E-state index contributed by atoms with van der Waals surface area (Å²) < 4.78 is 3.90. The maximum atomic E-state index is 12.8. The van der Waals surface area contributed by atoms with Gasteiger partial charge in [-0.15, -0.1) is 35.3 Å². The molecule has 0 saturated heterocycles. The molecular formula is C70H59NO7S3. The predicted molar refractivity (Wildman–Crippen MR) is 332 cm³/mol. The van der Waals surface area contributed by atoms with Gasteiger partial charge in [-0.3, -0.25) is 24.5 Å². The zero-order valence-corrected chi connectivity index (χ0v) is 46.9. The van der Waals surface area contributed by atoms with Gasteiger partial charge < -0.3 is 9.84 Å². The number of aliphatic carboxylic acids is 1. The highest BCUT2D eigenvalue weighted by atomic mass is 32.2. The number of carbonyl (C=O) groups is 3.